The van der Waals surface area contributed by atoms with Crippen LogP contribution in [-0.4, -0.2) is 48.9 Å². The van der Waals surface area contributed by atoms with Crippen molar-refractivity contribution in [3.05, 3.63) is 0 Å². The fraction of sp³-hybridized carbons (Fsp3) is 0.857. The average Bonchev–Trinajstić information content (AvgIpc) is 2.48. The van der Waals surface area contributed by atoms with E-state index in [0.29, 0.717) is 13.1 Å². The molecule has 19 heavy (non-hydrogen) atoms. The molecule has 0 atom stereocenters. The zero-order chi connectivity index (χ0) is 13.7. The molecule has 0 aromatic rings. The van der Waals surface area contributed by atoms with Crippen LogP contribution in [0.25, 0.3) is 0 Å². The number of nitrogens with zero attached hydrogens (tertiary/aromatic N) is 1. The van der Waals surface area contributed by atoms with Gasteiger partial charge in [-0.2, -0.15) is 0 Å². The molecule has 1 saturated heterocycles. The van der Waals surface area contributed by atoms with Crippen molar-refractivity contribution in [2.75, 3.05) is 26.2 Å². The van der Waals surface area contributed by atoms with E-state index in [1.54, 1.807) is 4.90 Å². The Labute approximate surface area is 115 Å². The molecule has 0 aromatic carbocycles. The van der Waals surface area contributed by atoms with Gasteiger partial charge in [0.05, 0.1) is 0 Å². The predicted octanol–water partition coefficient (Wildman–Crippen LogP) is 0.503. The molecule has 2 aliphatic rings. The van der Waals surface area contributed by atoms with Crippen molar-refractivity contribution in [1.82, 2.24) is 15.5 Å². The first kappa shape index (κ1) is 14.3. The minimum Gasteiger partial charge on any atom is -0.345 e. The van der Waals surface area contributed by atoms with Gasteiger partial charge in [-0.15, -0.1) is 0 Å². The van der Waals surface area contributed by atoms with Gasteiger partial charge < -0.3 is 15.5 Å². The van der Waals surface area contributed by atoms with Gasteiger partial charge in [-0.25, -0.2) is 0 Å². The van der Waals surface area contributed by atoms with E-state index >= 15 is 0 Å². The van der Waals surface area contributed by atoms with E-state index in [1.807, 2.05) is 0 Å². The molecule has 1 heterocycles. The van der Waals surface area contributed by atoms with Gasteiger partial charge in [0.1, 0.15) is 0 Å². The molecule has 5 nitrogen and oxygen atoms in total. The Morgan fingerprint density at radius 3 is 2.37 bits per heavy atom. The maximum Gasteiger partial charge on any atom is 0.311 e. The van der Waals surface area contributed by atoms with Crippen LogP contribution >= 0.6 is 0 Å². The number of hydrogen-bond acceptors (Lipinski definition) is 3. The fourth-order valence-electron chi connectivity index (χ4n) is 2.97. The Morgan fingerprint density at radius 1 is 1.16 bits per heavy atom. The summed E-state index contributed by atoms with van der Waals surface area (Å²) in [6.07, 6.45) is 5.59. The summed E-state index contributed by atoms with van der Waals surface area (Å²) in [5.74, 6) is 0.0259. The second-order valence-electron chi connectivity index (χ2n) is 5.64. The summed E-state index contributed by atoms with van der Waals surface area (Å²) in [5, 5.41) is 6.09. The topological polar surface area (TPSA) is 61.4 Å². The van der Waals surface area contributed by atoms with Gasteiger partial charge in [0, 0.05) is 32.2 Å². The van der Waals surface area contributed by atoms with Crippen LogP contribution in [0.2, 0.25) is 0 Å². The summed E-state index contributed by atoms with van der Waals surface area (Å²) in [6.45, 7) is 5.04. The van der Waals surface area contributed by atoms with Crippen LogP contribution in [0.3, 0.4) is 0 Å². The minimum atomic E-state index is -0.415. The Morgan fingerprint density at radius 2 is 1.79 bits per heavy atom. The number of piperazine rings is 1. The van der Waals surface area contributed by atoms with Crippen LogP contribution in [0.4, 0.5) is 0 Å². The standard InChI is InChI=1S/C14H25N3O2/c1-2-11-3-5-12(6-4-11)16-13(18)14(19)17-9-7-15-8-10-17/h11-12,15H,2-10H2,1H3,(H,16,18). The molecule has 5 heteroatoms. The number of nitrogens with one attached hydrogen (secondary N) is 2. The van der Waals surface area contributed by atoms with Crippen molar-refractivity contribution < 1.29 is 9.59 Å². The summed E-state index contributed by atoms with van der Waals surface area (Å²) in [7, 11) is 0. The maximum absolute atomic E-state index is 12.0. The van der Waals surface area contributed by atoms with Crippen molar-refractivity contribution in [2.24, 2.45) is 5.92 Å². The molecule has 2 rings (SSSR count). The number of carbonyl (C=O) groups is 2. The smallest absolute Gasteiger partial charge is 0.311 e. The van der Waals surface area contributed by atoms with Gasteiger partial charge in [0.2, 0.25) is 0 Å². The van der Waals surface area contributed by atoms with Crippen LogP contribution in [0.5, 0.6) is 0 Å². The van der Waals surface area contributed by atoms with E-state index in [1.165, 1.54) is 19.3 Å². The van der Waals surface area contributed by atoms with E-state index in [-0.39, 0.29) is 11.9 Å². The Balaban J connectivity index is 1.76. The molecule has 108 valence electrons. The summed E-state index contributed by atoms with van der Waals surface area (Å²) in [4.78, 5) is 25.6. The molecule has 1 saturated carbocycles. The lowest BCUT2D eigenvalue weighted by atomic mass is 9.84. The van der Waals surface area contributed by atoms with Gasteiger partial charge in [0.15, 0.2) is 0 Å². The first-order valence-corrected chi connectivity index (χ1v) is 7.51. The quantitative estimate of drug-likeness (QED) is 0.716. The average molecular weight is 267 g/mol. The highest BCUT2D eigenvalue weighted by Crippen LogP contribution is 2.26. The Bertz CT molecular complexity index is 319. The zero-order valence-electron chi connectivity index (χ0n) is 11.8. The SMILES string of the molecule is CCC1CCC(NC(=O)C(=O)N2CCNCC2)CC1. The predicted molar refractivity (Wildman–Crippen MR) is 73.6 cm³/mol. The van der Waals surface area contributed by atoms with E-state index in [4.69, 9.17) is 0 Å². The first-order chi connectivity index (χ1) is 9.20. The third-order valence-electron chi connectivity index (χ3n) is 4.36. The second-order valence-corrected chi connectivity index (χ2v) is 5.64. The molecular formula is C14H25N3O2. The lowest BCUT2D eigenvalue weighted by Gasteiger charge is -2.30. The number of carbonyl (C=O) groups excluding carboxylic acids is 2. The lowest BCUT2D eigenvalue weighted by molar-refractivity contribution is -0.146. The van der Waals surface area contributed by atoms with Crippen LogP contribution < -0.4 is 10.6 Å². The van der Waals surface area contributed by atoms with Gasteiger partial charge in [-0.1, -0.05) is 13.3 Å². The van der Waals surface area contributed by atoms with E-state index in [0.717, 1.165) is 31.8 Å². The van der Waals surface area contributed by atoms with E-state index in [9.17, 15) is 9.59 Å². The highest BCUT2D eigenvalue weighted by molar-refractivity contribution is 6.35. The first-order valence-electron chi connectivity index (χ1n) is 7.51. The van der Waals surface area contributed by atoms with Crippen LogP contribution in [0.15, 0.2) is 0 Å². The summed E-state index contributed by atoms with van der Waals surface area (Å²) in [5.41, 5.74) is 0. The molecule has 0 aromatic heterocycles. The molecule has 1 aliphatic heterocycles. The van der Waals surface area contributed by atoms with Crippen LogP contribution in [0.1, 0.15) is 39.0 Å². The van der Waals surface area contributed by atoms with E-state index < -0.39 is 5.91 Å². The van der Waals surface area contributed by atoms with Gasteiger partial charge in [-0.3, -0.25) is 9.59 Å². The number of hydrogen-bond donors (Lipinski definition) is 2. The van der Waals surface area contributed by atoms with Crippen LogP contribution in [0, 0.1) is 5.92 Å². The second kappa shape index (κ2) is 6.89. The molecule has 2 N–H and O–H groups in total. The van der Waals surface area contributed by atoms with Crippen molar-refractivity contribution in [1.29, 1.82) is 0 Å². The van der Waals surface area contributed by atoms with Crippen molar-refractivity contribution >= 4 is 11.8 Å². The van der Waals surface area contributed by atoms with Gasteiger partial charge >= 0.3 is 11.8 Å². The molecule has 2 amide bonds. The molecule has 0 radical (unpaired) electrons. The summed E-state index contributed by atoms with van der Waals surface area (Å²) in [6, 6.07) is 0.196. The molecule has 2 fully saturated rings. The van der Waals surface area contributed by atoms with Gasteiger partial charge in [-0.05, 0) is 31.6 Å². The molecule has 0 unspecified atom stereocenters. The van der Waals surface area contributed by atoms with Crippen molar-refractivity contribution in [3.8, 4) is 0 Å². The van der Waals surface area contributed by atoms with Crippen LogP contribution in [-0.2, 0) is 9.59 Å². The number of amides is 2. The third kappa shape index (κ3) is 3.93. The third-order valence-corrected chi connectivity index (χ3v) is 4.36. The normalized spacial score (nSPS) is 27.9. The Kier molecular flexibility index (Phi) is 5.19. The largest absolute Gasteiger partial charge is 0.345 e. The van der Waals surface area contributed by atoms with Gasteiger partial charge in [0.25, 0.3) is 0 Å². The fourth-order valence-corrected chi connectivity index (χ4v) is 2.97. The molecule has 1 aliphatic carbocycles. The summed E-state index contributed by atoms with van der Waals surface area (Å²) >= 11 is 0. The Hall–Kier alpha value is -1.10. The minimum absolute atomic E-state index is 0.196. The van der Waals surface area contributed by atoms with E-state index in [2.05, 4.69) is 17.6 Å². The molecule has 0 spiro atoms. The highest BCUT2D eigenvalue weighted by atomic mass is 16.2. The lowest BCUT2D eigenvalue weighted by Crippen LogP contribution is -2.52. The summed E-state index contributed by atoms with van der Waals surface area (Å²) < 4.78 is 0. The molecular weight excluding hydrogens is 242 g/mol. The monoisotopic (exact) mass is 267 g/mol. The van der Waals surface area contributed by atoms with Crippen molar-refractivity contribution in [2.45, 2.75) is 45.1 Å². The van der Waals surface area contributed by atoms with Crippen molar-refractivity contribution in [3.63, 3.8) is 0 Å². The number of rotatable bonds is 2. The highest BCUT2D eigenvalue weighted by Gasteiger charge is 2.27. The molecule has 0 bridgehead atoms. The zero-order valence-corrected chi connectivity index (χ0v) is 11.8. The maximum atomic E-state index is 12.0.